The van der Waals surface area contributed by atoms with E-state index in [2.05, 4.69) is 15.3 Å². The highest BCUT2D eigenvalue weighted by Crippen LogP contribution is 2.22. The van der Waals surface area contributed by atoms with Crippen LogP contribution in [0.5, 0.6) is 5.75 Å². The Bertz CT molecular complexity index is 866. The Hall–Kier alpha value is -2.81. The Morgan fingerprint density at radius 1 is 1.35 bits per heavy atom. The fraction of sp³-hybridized carbons (Fsp3) is 0.294. The molecule has 0 saturated carbocycles. The molecule has 0 aliphatic heterocycles. The lowest BCUT2D eigenvalue weighted by Gasteiger charge is -2.10. The lowest BCUT2D eigenvalue weighted by Crippen LogP contribution is -2.21. The van der Waals surface area contributed by atoms with Crippen molar-refractivity contribution >= 4 is 29.3 Å². The van der Waals surface area contributed by atoms with Crippen molar-refractivity contribution in [1.29, 1.82) is 0 Å². The van der Waals surface area contributed by atoms with Crippen LogP contribution in [0.3, 0.4) is 0 Å². The van der Waals surface area contributed by atoms with Gasteiger partial charge in [-0.05, 0) is 26.0 Å². The molecule has 1 amide bonds. The summed E-state index contributed by atoms with van der Waals surface area (Å²) in [5.41, 5.74) is 0.492. The standard InChI is InChI=1S/C17H19N3O5S/c1-4-25-16(22)14-10(2)18-17(23)20-15(14)26-9-13(21)19-11-6-5-7-12(8-11)24-3/h5-8H,4,9H2,1-3H3,(H,19,21)(H,18,20,23). The monoisotopic (exact) mass is 377 g/mol. The number of H-pyrrole nitrogens is 1. The van der Waals surface area contributed by atoms with Gasteiger partial charge in [-0.15, -0.1) is 0 Å². The zero-order valence-electron chi connectivity index (χ0n) is 14.6. The van der Waals surface area contributed by atoms with Crippen molar-refractivity contribution in [1.82, 2.24) is 9.97 Å². The number of anilines is 1. The normalized spacial score (nSPS) is 10.3. The molecule has 0 spiro atoms. The van der Waals surface area contributed by atoms with E-state index in [1.807, 2.05) is 0 Å². The molecular formula is C17H19N3O5S. The summed E-state index contributed by atoms with van der Waals surface area (Å²) in [6.07, 6.45) is 0. The van der Waals surface area contributed by atoms with Gasteiger partial charge in [0, 0.05) is 17.4 Å². The fourth-order valence-electron chi connectivity index (χ4n) is 2.14. The summed E-state index contributed by atoms with van der Waals surface area (Å²) in [6, 6.07) is 6.92. The average molecular weight is 377 g/mol. The number of amides is 1. The third-order valence-electron chi connectivity index (χ3n) is 3.26. The highest BCUT2D eigenvalue weighted by molar-refractivity contribution is 8.00. The number of esters is 1. The van der Waals surface area contributed by atoms with Gasteiger partial charge in [-0.2, -0.15) is 4.98 Å². The number of carbonyl (C=O) groups excluding carboxylic acids is 2. The molecule has 0 unspecified atom stereocenters. The number of aryl methyl sites for hydroxylation is 1. The van der Waals surface area contributed by atoms with Crippen LogP contribution in [0, 0.1) is 6.92 Å². The van der Waals surface area contributed by atoms with Crippen molar-refractivity contribution in [3.05, 3.63) is 46.0 Å². The largest absolute Gasteiger partial charge is 0.497 e. The summed E-state index contributed by atoms with van der Waals surface area (Å²) < 4.78 is 10.1. The maximum atomic E-state index is 12.2. The average Bonchev–Trinajstić information content (AvgIpc) is 2.59. The predicted octanol–water partition coefficient (Wildman–Crippen LogP) is 1.99. The Labute approximate surface area is 154 Å². The molecule has 0 aliphatic carbocycles. The van der Waals surface area contributed by atoms with Crippen LogP contribution in [0.25, 0.3) is 0 Å². The molecule has 0 atom stereocenters. The third kappa shape index (κ3) is 5.09. The number of aromatic nitrogens is 2. The second kappa shape index (κ2) is 9.04. The van der Waals surface area contributed by atoms with Gasteiger partial charge in [-0.25, -0.2) is 9.59 Å². The number of methoxy groups -OCH3 is 1. The zero-order valence-corrected chi connectivity index (χ0v) is 15.4. The number of ether oxygens (including phenoxy) is 2. The summed E-state index contributed by atoms with van der Waals surface area (Å²) in [6.45, 7) is 3.45. The van der Waals surface area contributed by atoms with Gasteiger partial charge in [0.15, 0.2) is 0 Å². The van der Waals surface area contributed by atoms with E-state index in [9.17, 15) is 14.4 Å². The van der Waals surface area contributed by atoms with Gasteiger partial charge in [0.05, 0.1) is 19.5 Å². The molecular weight excluding hydrogens is 358 g/mol. The highest BCUT2D eigenvalue weighted by Gasteiger charge is 2.20. The number of nitrogens with one attached hydrogen (secondary N) is 2. The van der Waals surface area contributed by atoms with Crippen molar-refractivity contribution in [2.45, 2.75) is 18.9 Å². The number of hydrogen-bond donors (Lipinski definition) is 2. The fourth-order valence-corrected chi connectivity index (χ4v) is 3.01. The molecule has 0 fully saturated rings. The topological polar surface area (TPSA) is 110 Å². The number of aromatic amines is 1. The first-order chi connectivity index (χ1) is 12.4. The lowest BCUT2D eigenvalue weighted by atomic mass is 10.2. The summed E-state index contributed by atoms with van der Waals surface area (Å²) in [4.78, 5) is 42.1. The number of nitrogens with zero attached hydrogens (tertiary/aromatic N) is 1. The van der Waals surface area contributed by atoms with Crippen LogP contribution < -0.4 is 15.7 Å². The van der Waals surface area contributed by atoms with Gasteiger partial charge in [-0.3, -0.25) is 4.79 Å². The van der Waals surface area contributed by atoms with Crippen molar-refractivity contribution < 1.29 is 19.1 Å². The second-order valence-corrected chi connectivity index (χ2v) is 6.10. The first-order valence-corrected chi connectivity index (χ1v) is 8.78. The van der Waals surface area contributed by atoms with E-state index in [0.29, 0.717) is 17.1 Å². The van der Waals surface area contributed by atoms with Crippen LogP contribution >= 0.6 is 11.8 Å². The second-order valence-electron chi connectivity index (χ2n) is 5.14. The zero-order chi connectivity index (χ0) is 19.1. The van der Waals surface area contributed by atoms with Crippen LogP contribution in [0.1, 0.15) is 23.0 Å². The molecule has 1 aromatic heterocycles. The molecule has 26 heavy (non-hydrogen) atoms. The van der Waals surface area contributed by atoms with E-state index in [1.54, 1.807) is 38.1 Å². The summed E-state index contributed by atoms with van der Waals surface area (Å²) in [5.74, 6) is -0.311. The van der Waals surface area contributed by atoms with Gasteiger partial charge in [0.1, 0.15) is 16.3 Å². The molecule has 1 aromatic carbocycles. The minimum atomic E-state index is -0.593. The van der Waals surface area contributed by atoms with Gasteiger partial charge >= 0.3 is 11.7 Å². The number of thioether (sulfide) groups is 1. The van der Waals surface area contributed by atoms with Gasteiger partial charge in [-0.1, -0.05) is 17.8 Å². The highest BCUT2D eigenvalue weighted by atomic mass is 32.2. The smallest absolute Gasteiger partial charge is 0.346 e. The Kier molecular flexibility index (Phi) is 6.79. The summed E-state index contributed by atoms with van der Waals surface area (Å²) >= 11 is 0.992. The van der Waals surface area contributed by atoms with E-state index in [0.717, 1.165) is 11.8 Å². The molecule has 0 aliphatic rings. The molecule has 0 bridgehead atoms. The summed E-state index contributed by atoms with van der Waals surface area (Å²) in [5, 5.41) is 2.88. The molecule has 9 heteroatoms. The van der Waals surface area contributed by atoms with Crippen LogP contribution in [-0.2, 0) is 9.53 Å². The van der Waals surface area contributed by atoms with Crippen LogP contribution in [0.15, 0.2) is 34.1 Å². The SMILES string of the molecule is CCOC(=O)c1c(SCC(=O)Nc2cccc(OC)c2)nc(=O)[nH]c1C. The van der Waals surface area contributed by atoms with Gasteiger partial charge in [0.2, 0.25) is 5.91 Å². The van der Waals surface area contributed by atoms with Crippen molar-refractivity contribution in [3.8, 4) is 5.75 Å². The minimum Gasteiger partial charge on any atom is -0.497 e. The maximum absolute atomic E-state index is 12.2. The van der Waals surface area contributed by atoms with Crippen molar-refractivity contribution in [2.75, 3.05) is 24.8 Å². The number of benzene rings is 1. The minimum absolute atomic E-state index is 0.0283. The quantitative estimate of drug-likeness (QED) is 0.431. The van der Waals surface area contributed by atoms with Crippen LogP contribution in [0.2, 0.25) is 0 Å². The molecule has 0 saturated heterocycles. The lowest BCUT2D eigenvalue weighted by molar-refractivity contribution is -0.113. The van der Waals surface area contributed by atoms with Gasteiger partial charge < -0.3 is 19.8 Å². The number of rotatable bonds is 7. The van der Waals surface area contributed by atoms with Crippen LogP contribution in [0.4, 0.5) is 5.69 Å². The first-order valence-electron chi connectivity index (χ1n) is 7.79. The van der Waals surface area contributed by atoms with Crippen molar-refractivity contribution in [2.24, 2.45) is 0 Å². The molecule has 138 valence electrons. The predicted molar refractivity (Wildman–Crippen MR) is 97.9 cm³/mol. The molecule has 2 rings (SSSR count). The third-order valence-corrected chi connectivity index (χ3v) is 4.23. The molecule has 1 heterocycles. The Morgan fingerprint density at radius 3 is 2.81 bits per heavy atom. The molecule has 2 N–H and O–H groups in total. The van der Waals surface area contributed by atoms with Crippen molar-refractivity contribution in [3.63, 3.8) is 0 Å². The number of hydrogen-bond acceptors (Lipinski definition) is 7. The van der Waals surface area contributed by atoms with E-state index < -0.39 is 11.7 Å². The summed E-state index contributed by atoms with van der Waals surface area (Å²) in [7, 11) is 1.54. The van der Waals surface area contributed by atoms with Gasteiger partial charge in [0.25, 0.3) is 0 Å². The first kappa shape index (κ1) is 19.5. The molecule has 8 nitrogen and oxygen atoms in total. The maximum Gasteiger partial charge on any atom is 0.346 e. The number of carbonyl (C=O) groups is 2. The molecule has 0 radical (unpaired) electrons. The Balaban J connectivity index is 2.11. The Morgan fingerprint density at radius 2 is 2.12 bits per heavy atom. The van der Waals surface area contributed by atoms with E-state index in [4.69, 9.17) is 9.47 Å². The van der Waals surface area contributed by atoms with E-state index in [1.165, 1.54) is 7.11 Å². The van der Waals surface area contributed by atoms with E-state index in [-0.39, 0.29) is 28.9 Å². The van der Waals surface area contributed by atoms with E-state index >= 15 is 0 Å². The van der Waals surface area contributed by atoms with Crippen LogP contribution in [-0.4, -0.2) is 41.3 Å². The molecule has 2 aromatic rings.